The van der Waals surface area contributed by atoms with Gasteiger partial charge in [-0.2, -0.15) is 13.2 Å². The van der Waals surface area contributed by atoms with Crippen LogP contribution in [0.25, 0.3) is 247 Å². The number of alkyl halides is 3. The largest absolute Gasteiger partial charge is 0.455 e. The molecule has 0 amide bonds. The molecule has 0 spiro atoms. The minimum Gasteiger partial charge on any atom is -0.455 e. The first-order valence-electron chi connectivity index (χ1n) is 44.9. The second-order valence-electron chi connectivity index (χ2n) is 33.8. The fourth-order valence-corrected chi connectivity index (χ4v) is 22.3. The number of hydrogen-bond donors (Lipinski definition) is 0. The highest BCUT2D eigenvalue weighted by Gasteiger charge is 2.39. The number of thiophene rings is 1. The first-order chi connectivity index (χ1) is 66.7. The minimum absolute atomic E-state index is 0.152. The van der Waals surface area contributed by atoms with E-state index >= 15 is 13.2 Å². The maximum atomic E-state index is 15.3. The number of pyridine rings is 2. The Labute approximate surface area is 777 Å². The molecule has 26 aromatic rings. The van der Waals surface area contributed by atoms with Crippen LogP contribution in [0.1, 0.15) is 11.1 Å². The number of aromatic nitrogens is 7. The lowest BCUT2D eigenvalue weighted by Gasteiger charge is -2.26. The standard InChI is InChI=1S/C69H42F3N3S.C54H32N4O/c70-69(71,72)52-40-42-73-64-51(39-41-74-65(52)64)61-58(46-29-13-4-14-30-46)60(48-33-17-6-18-34-48)68-63(66(61)75-53-37-21-19-35-49(53)50-36-20-22-38-54(50)75)62-57(45-27-11-3-12-28-45)55(43-23-7-1-8-24-43)56(44-25-9-2-10-26-44)59(67(62)76-68)47-31-15-5-16-32-47;1-2-34-28-30-35(31-29-34)37-32-55-54(56-33-37)50-48(36-16-4-3-5-17-36)53-49(42-22-10-15-27-47(42)59-53)51(57-43-23-11-6-18-38(43)39-19-7-12-24-44(39)57)52(50)58-45-25-13-8-20-40(45)41-21-9-14-26-46(41)58/h1-42H;1,3-33H. The summed E-state index contributed by atoms with van der Waals surface area (Å²) < 4.78 is 62.4. The van der Waals surface area contributed by atoms with Gasteiger partial charge in [-0.25, -0.2) is 9.97 Å². The Morgan fingerprint density at radius 1 is 0.267 bits per heavy atom. The first-order valence-corrected chi connectivity index (χ1v) is 45.7. The third kappa shape index (κ3) is 12.9. The second kappa shape index (κ2) is 32.5. The molecule has 0 aliphatic carbocycles. The van der Waals surface area contributed by atoms with Crippen LogP contribution in [0, 0.1) is 12.3 Å². The molecule has 12 heteroatoms. The van der Waals surface area contributed by atoms with Gasteiger partial charge in [-0.15, -0.1) is 17.8 Å². The Morgan fingerprint density at radius 3 is 1.04 bits per heavy atom. The van der Waals surface area contributed by atoms with Gasteiger partial charge in [-0.1, -0.05) is 358 Å². The van der Waals surface area contributed by atoms with E-state index in [1.807, 2.05) is 73.1 Å². The maximum absolute atomic E-state index is 15.3. The molecule has 634 valence electrons. The van der Waals surface area contributed by atoms with E-state index in [2.05, 4.69) is 376 Å². The van der Waals surface area contributed by atoms with Crippen molar-refractivity contribution in [3.8, 4) is 141 Å². The smallest absolute Gasteiger partial charge is 0.418 e. The summed E-state index contributed by atoms with van der Waals surface area (Å²) >= 11 is 1.78. The van der Waals surface area contributed by atoms with Crippen molar-refractivity contribution in [2.45, 2.75) is 6.18 Å². The predicted molar refractivity (Wildman–Crippen MR) is 552 cm³/mol. The zero-order valence-corrected chi connectivity index (χ0v) is 73.1. The SMILES string of the molecule is C#Cc1ccc(-c2cnc(-c3c(-n4c5ccccc5c5ccccc54)c(-n4c5ccccc5c5ccccc54)c4c(oc5ccccc54)c3-c3ccccc3)nc2)cc1.FC(F)(F)c1ccnc2c(-c3c(-c4ccccc4)c(-c4ccccc4)c4sc5c(-c6ccccc6)c(-c6ccccc6)c(-c6ccccc6)c(-c6ccccc6)c5c4c3-n3c4ccccc4c4ccccc43)ccnc12. The number of halogens is 3. The second-order valence-corrected chi connectivity index (χ2v) is 34.9. The third-order valence-corrected chi connectivity index (χ3v) is 27.6. The van der Waals surface area contributed by atoms with E-state index in [-0.39, 0.29) is 11.0 Å². The highest BCUT2D eigenvalue weighted by atomic mass is 32.1. The summed E-state index contributed by atoms with van der Waals surface area (Å²) in [7, 11) is 0. The number of para-hydroxylation sites is 7. The van der Waals surface area contributed by atoms with Crippen LogP contribution in [0.5, 0.6) is 0 Å². The first kappa shape index (κ1) is 79.5. The summed E-state index contributed by atoms with van der Waals surface area (Å²) in [5, 5.41) is 10.8. The van der Waals surface area contributed by atoms with Crippen LogP contribution in [0.4, 0.5) is 13.2 Å². The highest BCUT2D eigenvalue weighted by Crippen LogP contribution is 2.62. The summed E-state index contributed by atoms with van der Waals surface area (Å²) in [5.74, 6) is 3.30. The molecule has 0 atom stereocenters. The van der Waals surface area contributed by atoms with Crippen LogP contribution >= 0.6 is 11.3 Å². The van der Waals surface area contributed by atoms with Crippen molar-refractivity contribution in [1.29, 1.82) is 0 Å². The molecule has 8 nitrogen and oxygen atoms in total. The minimum atomic E-state index is -4.70. The number of hydrogen-bond acceptors (Lipinski definition) is 6. The lowest BCUT2D eigenvalue weighted by Crippen LogP contribution is -2.09. The number of nitrogens with zero attached hydrogens (tertiary/aromatic N) is 7. The van der Waals surface area contributed by atoms with Crippen LogP contribution in [0.15, 0.2) is 448 Å². The van der Waals surface area contributed by atoms with E-state index in [0.717, 1.165) is 226 Å². The monoisotopic (exact) mass is 1750 g/mol. The average Bonchev–Trinajstić information content (AvgIpc) is 1.53. The molecule has 0 N–H and O–H groups in total. The van der Waals surface area contributed by atoms with E-state index < -0.39 is 11.7 Å². The van der Waals surface area contributed by atoms with E-state index in [4.69, 9.17) is 25.8 Å². The molecule has 8 aromatic heterocycles. The average molecular weight is 1760 g/mol. The topological polar surface area (TPSA) is 79.5 Å². The van der Waals surface area contributed by atoms with Crippen molar-refractivity contribution in [3.05, 3.63) is 454 Å². The van der Waals surface area contributed by atoms with Crippen LogP contribution in [0.2, 0.25) is 0 Å². The highest BCUT2D eigenvalue weighted by molar-refractivity contribution is 7.27. The third-order valence-electron chi connectivity index (χ3n) is 26.4. The Morgan fingerprint density at radius 2 is 0.607 bits per heavy atom. The Bertz CT molecular complexity index is 9090. The summed E-state index contributed by atoms with van der Waals surface area (Å²) in [4.78, 5) is 20.0. The normalized spacial score (nSPS) is 11.8. The molecular weight excluding hydrogens is 1680 g/mol. The van der Waals surface area contributed by atoms with Gasteiger partial charge in [0.25, 0.3) is 0 Å². The molecule has 0 bridgehead atoms. The Balaban J connectivity index is 0.000000149. The summed E-state index contributed by atoms with van der Waals surface area (Å²) in [6, 6.07) is 145. The van der Waals surface area contributed by atoms with Gasteiger partial charge in [0.05, 0.1) is 72.2 Å². The number of terminal acetylenes is 1. The summed E-state index contributed by atoms with van der Waals surface area (Å²) in [6.45, 7) is 0. The summed E-state index contributed by atoms with van der Waals surface area (Å²) in [6.07, 6.45) is 7.61. The zero-order valence-electron chi connectivity index (χ0n) is 72.3. The molecule has 0 unspecified atom stereocenters. The van der Waals surface area contributed by atoms with Gasteiger partial charge in [-0.3, -0.25) is 9.97 Å². The van der Waals surface area contributed by atoms with Crippen molar-refractivity contribution < 1.29 is 17.6 Å². The molecule has 0 saturated heterocycles. The maximum Gasteiger partial charge on any atom is 0.418 e. The predicted octanol–water partition coefficient (Wildman–Crippen LogP) is 33.3. The Kier molecular flexibility index (Phi) is 19.1. The quantitative estimate of drug-likeness (QED) is 0.107. The lowest BCUT2D eigenvalue weighted by molar-refractivity contribution is -0.136. The molecule has 18 aromatic carbocycles. The fraction of sp³-hybridized carbons (Fsp3) is 0.00813. The van der Waals surface area contributed by atoms with E-state index in [0.29, 0.717) is 11.4 Å². The molecule has 0 aliphatic rings. The van der Waals surface area contributed by atoms with E-state index in [1.165, 1.54) is 23.2 Å². The van der Waals surface area contributed by atoms with Crippen molar-refractivity contribution in [3.63, 3.8) is 0 Å². The molecule has 26 rings (SSSR count). The molecule has 135 heavy (non-hydrogen) atoms. The van der Waals surface area contributed by atoms with Crippen LogP contribution in [-0.2, 0) is 6.18 Å². The van der Waals surface area contributed by atoms with Gasteiger partial charge < -0.3 is 18.1 Å². The number of furan rings is 1. The van der Waals surface area contributed by atoms with E-state index in [9.17, 15) is 0 Å². The Hall–Kier alpha value is -17.6. The lowest BCUT2D eigenvalue weighted by atomic mass is 9.79. The molecular formula is C123H74F3N7OS. The molecule has 0 aliphatic heterocycles. The number of fused-ring (bicyclic) bond motifs is 16. The molecule has 8 heterocycles. The van der Waals surface area contributed by atoms with Crippen molar-refractivity contribution in [1.82, 2.24) is 33.6 Å². The zero-order chi connectivity index (χ0) is 89.9. The fourth-order valence-electron chi connectivity index (χ4n) is 20.8. The molecule has 0 saturated carbocycles. The van der Waals surface area contributed by atoms with Crippen LogP contribution in [0.3, 0.4) is 0 Å². The number of rotatable bonds is 13. The van der Waals surface area contributed by atoms with E-state index in [1.54, 1.807) is 11.3 Å². The van der Waals surface area contributed by atoms with Crippen molar-refractivity contribution >= 4 is 130 Å². The van der Waals surface area contributed by atoms with Crippen molar-refractivity contribution in [2.24, 2.45) is 0 Å². The molecule has 0 radical (unpaired) electrons. The van der Waals surface area contributed by atoms with Gasteiger partial charge in [0.15, 0.2) is 5.82 Å². The van der Waals surface area contributed by atoms with Crippen LogP contribution < -0.4 is 0 Å². The number of benzene rings is 18. The summed E-state index contributed by atoms with van der Waals surface area (Å²) in [5.41, 5.74) is 28.6. The van der Waals surface area contributed by atoms with Crippen molar-refractivity contribution in [2.75, 3.05) is 0 Å². The van der Waals surface area contributed by atoms with Gasteiger partial charge in [-0.05, 0) is 128 Å². The van der Waals surface area contributed by atoms with Gasteiger partial charge in [0, 0.05) is 127 Å². The van der Waals surface area contributed by atoms with Gasteiger partial charge in [0.2, 0.25) is 0 Å². The van der Waals surface area contributed by atoms with Gasteiger partial charge >= 0.3 is 6.18 Å². The molecule has 0 fully saturated rings. The van der Waals surface area contributed by atoms with Crippen LogP contribution in [-0.4, -0.2) is 33.6 Å². The van der Waals surface area contributed by atoms with Gasteiger partial charge in [0.1, 0.15) is 16.7 Å².